The molecule has 0 unspecified atom stereocenters. The molecular weight excluding hydrogens is 355 g/mol. The van der Waals surface area contributed by atoms with Gasteiger partial charge in [0.25, 0.3) is 0 Å². The van der Waals surface area contributed by atoms with Crippen LogP contribution in [0.5, 0.6) is 0 Å². The number of nitrogens with zero attached hydrogens (tertiary/aromatic N) is 2. The van der Waals surface area contributed by atoms with Crippen LogP contribution in [0.1, 0.15) is 12.0 Å². The van der Waals surface area contributed by atoms with Gasteiger partial charge in [0, 0.05) is 31.5 Å². The molecule has 0 aliphatic heterocycles. The molecule has 2 rings (SSSR count). The summed E-state index contributed by atoms with van der Waals surface area (Å²) < 4.78 is 6.73. The fourth-order valence-electron chi connectivity index (χ4n) is 1.91. The number of halogens is 2. The molecule has 8 heteroatoms. The van der Waals surface area contributed by atoms with Crippen LogP contribution in [0.15, 0.2) is 30.5 Å². The second-order valence-corrected chi connectivity index (χ2v) is 6.13. The van der Waals surface area contributed by atoms with E-state index in [-0.39, 0.29) is 0 Å². The zero-order valence-corrected chi connectivity index (χ0v) is 15.0. The lowest BCUT2D eigenvalue weighted by atomic mass is 10.2. The Morgan fingerprint density at radius 1 is 1.30 bits per heavy atom. The minimum absolute atomic E-state index is 0.486. The fourth-order valence-corrected chi connectivity index (χ4v) is 2.43. The Morgan fingerprint density at radius 2 is 2.04 bits per heavy atom. The monoisotopic (exact) mass is 372 g/mol. The maximum atomic E-state index is 6.19. The smallest absolute Gasteiger partial charge is 0.173 e. The van der Waals surface area contributed by atoms with Crippen molar-refractivity contribution >= 4 is 46.4 Å². The topological polar surface area (TPSA) is 51.1 Å². The predicted molar refractivity (Wildman–Crippen MR) is 98.5 cm³/mol. The summed E-state index contributed by atoms with van der Waals surface area (Å²) in [6, 6.07) is 7.60. The SMILES string of the molecule is COCCCNC(=S)Nc1nn(Cc2ccc(Cl)cc2)cc1Cl. The average molecular weight is 373 g/mol. The fraction of sp³-hybridized carbons (Fsp3) is 0.333. The molecule has 2 N–H and O–H groups in total. The molecule has 0 fully saturated rings. The number of hydrogen-bond donors (Lipinski definition) is 2. The lowest BCUT2D eigenvalue weighted by Gasteiger charge is -2.08. The third kappa shape index (κ3) is 5.99. The first-order valence-electron chi connectivity index (χ1n) is 7.09. The predicted octanol–water partition coefficient (Wildman–Crippen LogP) is 3.56. The Morgan fingerprint density at radius 3 is 2.74 bits per heavy atom. The summed E-state index contributed by atoms with van der Waals surface area (Å²) in [5.74, 6) is 0.532. The largest absolute Gasteiger partial charge is 0.385 e. The van der Waals surface area contributed by atoms with Gasteiger partial charge in [-0.3, -0.25) is 4.68 Å². The Balaban J connectivity index is 1.90. The second kappa shape index (κ2) is 9.08. The van der Waals surface area contributed by atoms with Crippen molar-refractivity contribution in [1.29, 1.82) is 0 Å². The third-order valence-electron chi connectivity index (χ3n) is 3.02. The lowest BCUT2D eigenvalue weighted by Crippen LogP contribution is -2.30. The molecule has 0 amide bonds. The van der Waals surface area contributed by atoms with Crippen molar-refractivity contribution in [2.75, 3.05) is 25.6 Å². The van der Waals surface area contributed by atoms with Gasteiger partial charge in [0.1, 0.15) is 5.02 Å². The summed E-state index contributed by atoms with van der Waals surface area (Å²) in [4.78, 5) is 0. The van der Waals surface area contributed by atoms with Crippen molar-refractivity contribution < 1.29 is 4.74 Å². The summed E-state index contributed by atoms with van der Waals surface area (Å²) in [6.07, 6.45) is 2.63. The minimum atomic E-state index is 0.486. The van der Waals surface area contributed by atoms with Gasteiger partial charge in [0.2, 0.25) is 0 Å². The molecular formula is C15H18Cl2N4OS. The number of nitrogens with one attached hydrogen (secondary N) is 2. The van der Waals surface area contributed by atoms with Gasteiger partial charge in [-0.2, -0.15) is 5.10 Å². The quantitative estimate of drug-likeness (QED) is 0.574. The number of methoxy groups -OCH3 is 1. The zero-order valence-electron chi connectivity index (χ0n) is 12.7. The molecule has 0 atom stereocenters. The summed E-state index contributed by atoms with van der Waals surface area (Å²) in [5.41, 5.74) is 1.08. The van der Waals surface area contributed by atoms with Crippen molar-refractivity contribution in [2.45, 2.75) is 13.0 Å². The van der Waals surface area contributed by atoms with Crippen LogP contribution in [0, 0.1) is 0 Å². The Hall–Kier alpha value is -1.34. The molecule has 23 heavy (non-hydrogen) atoms. The van der Waals surface area contributed by atoms with E-state index in [2.05, 4.69) is 15.7 Å². The minimum Gasteiger partial charge on any atom is -0.385 e. The van der Waals surface area contributed by atoms with Gasteiger partial charge >= 0.3 is 0 Å². The molecule has 0 bridgehead atoms. The lowest BCUT2D eigenvalue weighted by molar-refractivity contribution is 0.196. The number of thiocarbonyl (C=S) groups is 1. The van der Waals surface area contributed by atoms with Gasteiger partial charge in [-0.1, -0.05) is 35.3 Å². The van der Waals surface area contributed by atoms with Crippen molar-refractivity contribution in [2.24, 2.45) is 0 Å². The molecule has 1 aromatic heterocycles. The van der Waals surface area contributed by atoms with Crippen molar-refractivity contribution in [3.63, 3.8) is 0 Å². The van der Waals surface area contributed by atoms with Crippen LogP contribution in [0.4, 0.5) is 5.82 Å². The van der Waals surface area contributed by atoms with Gasteiger partial charge in [0.15, 0.2) is 10.9 Å². The normalized spacial score (nSPS) is 10.6. The average Bonchev–Trinajstić information content (AvgIpc) is 2.86. The highest BCUT2D eigenvalue weighted by Crippen LogP contribution is 2.20. The zero-order chi connectivity index (χ0) is 16.7. The number of benzene rings is 1. The Bertz CT molecular complexity index is 645. The van der Waals surface area contributed by atoms with Crippen molar-refractivity contribution in [3.05, 3.63) is 46.1 Å². The van der Waals surface area contributed by atoms with Crippen molar-refractivity contribution in [1.82, 2.24) is 15.1 Å². The highest BCUT2D eigenvalue weighted by atomic mass is 35.5. The molecule has 0 radical (unpaired) electrons. The first-order chi connectivity index (χ1) is 11.1. The highest BCUT2D eigenvalue weighted by Gasteiger charge is 2.09. The van der Waals surface area contributed by atoms with E-state index < -0.39 is 0 Å². The maximum absolute atomic E-state index is 6.19. The number of ether oxygens (including phenoxy) is 1. The van der Waals surface area contributed by atoms with Crippen molar-refractivity contribution in [3.8, 4) is 0 Å². The number of anilines is 1. The van der Waals surface area contributed by atoms with Crippen LogP contribution in [-0.2, 0) is 11.3 Å². The summed E-state index contributed by atoms with van der Waals surface area (Å²) in [7, 11) is 1.67. The molecule has 0 aliphatic rings. The Kier molecular flexibility index (Phi) is 7.11. The molecule has 0 spiro atoms. The van der Waals surface area contributed by atoms with Gasteiger partial charge < -0.3 is 15.4 Å². The van der Waals surface area contributed by atoms with Crippen LogP contribution in [0.2, 0.25) is 10.0 Å². The Labute approximate surface area is 150 Å². The van der Waals surface area contributed by atoms with Gasteiger partial charge in [-0.05, 0) is 36.3 Å². The molecule has 0 saturated carbocycles. The molecule has 5 nitrogen and oxygen atoms in total. The highest BCUT2D eigenvalue weighted by molar-refractivity contribution is 7.80. The van der Waals surface area contributed by atoms with E-state index >= 15 is 0 Å². The molecule has 0 saturated heterocycles. The van der Waals surface area contributed by atoms with E-state index in [1.165, 1.54) is 0 Å². The van der Waals surface area contributed by atoms with E-state index in [0.717, 1.165) is 18.5 Å². The van der Waals surface area contributed by atoms with E-state index in [1.54, 1.807) is 18.0 Å². The third-order valence-corrected chi connectivity index (χ3v) is 3.79. The number of rotatable bonds is 7. The molecule has 0 aliphatic carbocycles. The van der Waals surface area contributed by atoms with Crippen LogP contribution >= 0.6 is 35.4 Å². The van der Waals surface area contributed by atoms with Gasteiger partial charge in [0.05, 0.1) is 6.54 Å². The molecule has 1 heterocycles. The molecule has 1 aromatic carbocycles. The van der Waals surface area contributed by atoms with Crippen LogP contribution in [0.3, 0.4) is 0 Å². The van der Waals surface area contributed by atoms with Crippen LogP contribution in [0.25, 0.3) is 0 Å². The summed E-state index contributed by atoms with van der Waals surface area (Å²) >= 11 is 17.3. The first-order valence-corrected chi connectivity index (χ1v) is 8.26. The molecule has 124 valence electrons. The van der Waals surface area contributed by atoms with E-state index in [1.807, 2.05) is 24.3 Å². The van der Waals surface area contributed by atoms with E-state index in [9.17, 15) is 0 Å². The van der Waals surface area contributed by atoms with E-state index in [4.69, 9.17) is 40.2 Å². The van der Waals surface area contributed by atoms with Crippen LogP contribution < -0.4 is 10.6 Å². The second-order valence-electron chi connectivity index (χ2n) is 4.88. The maximum Gasteiger partial charge on any atom is 0.173 e. The summed E-state index contributed by atoms with van der Waals surface area (Å²) in [5, 5.41) is 12.2. The van der Waals surface area contributed by atoms with Crippen LogP contribution in [-0.4, -0.2) is 35.2 Å². The van der Waals surface area contributed by atoms with Gasteiger partial charge in [-0.15, -0.1) is 0 Å². The summed E-state index contributed by atoms with van der Waals surface area (Å²) in [6.45, 7) is 2.02. The molecule has 2 aromatic rings. The van der Waals surface area contributed by atoms with Gasteiger partial charge in [-0.25, -0.2) is 0 Å². The first kappa shape index (κ1) is 18.0. The standard InChI is InChI=1S/C15H18Cl2N4OS/c1-22-8-2-7-18-15(23)19-14-13(17)10-21(20-14)9-11-3-5-12(16)6-4-11/h3-6,10H,2,7-9H2,1H3,(H2,18,19,20,23). The van der Waals surface area contributed by atoms with E-state index in [0.29, 0.717) is 34.1 Å². The number of aromatic nitrogens is 2. The number of hydrogen-bond acceptors (Lipinski definition) is 3.